The molecular weight excluding hydrogens is 795 g/mol. The van der Waals surface area contributed by atoms with Crippen molar-refractivity contribution in [2.45, 2.75) is 13.3 Å². The van der Waals surface area contributed by atoms with Gasteiger partial charge in [-0.05, 0) is 109 Å². The molecule has 0 amide bonds. The normalized spacial score (nSPS) is 10.8. The van der Waals surface area contributed by atoms with E-state index < -0.39 is 0 Å². The first-order valence-electron chi connectivity index (χ1n) is 17.2. The maximum Gasteiger partial charge on any atom is 0.0160 e. The van der Waals surface area contributed by atoms with E-state index in [9.17, 15) is 0 Å². The molecule has 0 fully saturated rings. The zero-order valence-electron chi connectivity index (χ0n) is 28.4. The zero-order valence-corrected chi connectivity index (χ0v) is 30.8. The van der Waals surface area contributed by atoms with Crippen molar-refractivity contribution in [1.82, 2.24) is 4.98 Å². The van der Waals surface area contributed by atoms with Crippen molar-refractivity contribution in [2.24, 2.45) is 0 Å². The molecule has 8 rings (SSSR count). The van der Waals surface area contributed by atoms with E-state index in [1.54, 1.807) is 0 Å². The van der Waals surface area contributed by atoms with Crippen molar-refractivity contribution in [3.05, 3.63) is 200 Å². The number of hydrogen-bond acceptors (Lipinski definition) is 1. The molecular formula is C49H36IrN-. The van der Waals surface area contributed by atoms with Gasteiger partial charge in [0.1, 0.15) is 0 Å². The summed E-state index contributed by atoms with van der Waals surface area (Å²) in [6, 6.07) is 68.7. The first-order chi connectivity index (χ1) is 24.7. The molecule has 7 aromatic carbocycles. The summed E-state index contributed by atoms with van der Waals surface area (Å²) in [5.74, 6) is 0. The smallest absolute Gasteiger partial charge is 0.0160 e. The van der Waals surface area contributed by atoms with Crippen LogP contribution >= 0.6 is 0 Å². The van der Waals surface area contributed by atoms with E-state index in [1.807, 2.05) is 30.5 Å². The predicted molar refractivity (Wildman–Crippen MR) is 211 cm³/mol. The van der Waals surface area contributed by atoms with Crippen LogP contribution in [0.3, 0.4) is 0 Å². The van der Waals surface area contributed by atoms with E-state index in [1.165, 1.54) is 66.8 Å². The van der Waals surface area contributed by atoms with Gasteiger partial charge in [0, 0.05) is 26.3 Å². The molecule has 1 heterocycles. The first kappa shape index (κ1) is 33.8. The Morgan fingerprint density at radius 3 is 1.37 bits per heavy atom. The molecule has 0 spiro atoms. The van der Waals surface area contributed by atoms with Crippen molar-refractivity contribution in [3.63, 3.8) is 0 Å². The standard InChI is InChI=1S/C49H36N.Ir/c1-2-35-28-47(38-25-23-37(24-26-38)40-15-11-21-46(33-40)49-22-6-7-27-50-49)34-48(29-35)45-20-10-19-44(32-45)43-18-9-17-42(31-43)41-16-8-14-39(30-41)36-12-4-3-5-13-36;/h3-20,22-34H,2H2,1H3;/q-1;. The van der Waals surface area contributed by atoms with E-state index in [4.69, 9.17) is 0 Å². The van der Waals surface area contributed by atoms with Gasteiger partial charge in [-0.1, -0.05) is 140 Å². The zero-order chi connectivity index (χ0) is 33.7. The molecule has 0 unspecified atom stereocenters. The molecule has 0 N–H and O–H groups in total. The van der Waals surface area contributed by atoms with Crippen LogP contribution in [0.5, 0.6) is 0 Å². The van der Waals surface area contributed by atoms with Crippen LogP contribution in [0.4, 0.5) is 0 Å². The van der Waals surface area contributed by atoms with Gasteiger partial charge in [0.15, 0.2) is 0 Å². The Hall–Kier alpha value is -5.66. The molecule has 0 bridgehead atoms. The van der Waals surface area contributed by atoms with Crippen LogP contribution in [0.15, 0.2) is 188 Å². The van der Waals surface area contributed by atoms with Gasteiger partial charge in [-0.25, -0.2) is 0 Å². The third-order valence-electron chi connectivity index (χ3n) is 9.39. The van der Waals surface area contributed by atoms with Gasteiger partial charge >= 0.3 is 0 Å². The molecule has 0 aliphatic carbocycles. The summed E-state index contributed by atoms with van der Waals surface area (Å²) in [6.45, 7) is 2.23. The topological polar surface area (TPSA) is 12.9 Å². The van der Waals surface area contributed by atoms with Gasteiger partial charge in [-0.3, -0.25) is 0 Å². The summed E-state index contributed by atoms with van der Waals surface area (Å²) < 4.78 is 0. The van der Waals surface area contributed by atoms with E-state index in [2.05, 4.69) is 176 Å². The van der Waals surface area contributed by atoms with Crippen LogP contribution in [-0.2, 0) is 26.5 Å². The SMILES string of the molecule is CCc1cc(-c2ccc(-c3cc[c-]c(-c4ccccn4)c3)cc2)cc(-c2cccc(-c3cccc(-c4cccc(-c5ccccc5)c4)c3)c2)c1.[Ir]. The van der Waals surface area contributed by atoms with E-state index >= 15 is 0 Å². The van der Waals surface area contributed by atoms with Gasteiger partial charge in [-0.2, -0.15) is 0 Å². The van der Waals surface area contributed by atoms with Crippen molar-refractivity contribution < 1.29 is 20.1 Å². The van der Waals surface area contributed by atoms with Gasteiger partial charge < -0.3 is 4.98 Å². The maximum absolute atomic E-state index is 4.51. The van der Waals surface area contributed by atoms with Crippen molar-refractivity contribution >= 4 is 0 Å². The summed E-state index contributed by atoms with van der Waals surface area (Å²) in [5, 5.41) is 0. The summed E-state index contributed by atoms with van der Waals surface area (Å²) in [5.41, 5.74) is 17.8. The second-order valence-corrected chi connectivity index (χ2v) is 12.7. The first-order valence-corrected chi connectivity index (χ1v) is 17.2. The molecule has 0 aliphatic heterocycles. The van der Waals surface area contributed by atoms with Gasteiger partial charge in [0.25, 0.3) is 0 Å². The third kappa shape index (κ3) is 7.59. The molecule has 1 radical (unpaired) electrons. The van der Waals surface area contributed by atoms with E-state index in [0.29, 0.717) is 0 Å². The van der Waals surface area contributed by atoms with Crippen molar-refractivity contribution in [3.8, 4) is 78.0 Å². The minimum Gasteiger partial charge on any atom is -0.305 e. The summed E-state index contributed by atoms with van der Waals surface area (Å²) in [4.78, 5) is 4.51. The Bertz CT molecular complexity index is 2400. The molecule has 247 valence electrons. The molecule has 2 heteroatoms. The second-order valence-electron chi connectivity index (χ2n) is 12.7. The summed E-state index contributed by atoms with van der Waals surface area (Å²) in [7, 11) is 0. The largest absolute Gasteiger partial charge is 0.305 e. The number of pyridine rings is 1. The van der Waals surface area contributed by atoms with Crippen LogP contribution in [0.25, 0.3) is 78.0 Å². The minimum absolute atomic E-state index is 0. The van der Waals surface area contributed by atoms with Crippen LogP contribution < -0.4 is 0 Å². The fraction of sp³-hybridized carbons (Fsp3) is 0.0408. The fourth-order valence-electron chi connectivity index (χ4n) is 6.67. The number of rotatable bonds is 8. The average Bonchev–Trinajstić information content (AvgIpc) is 3.21. The Balaban J connectivity index is 0.00000406. The monoisotopic (exact) mass is 831 g/mol. The predicted octanol–water partition coefficient (Wildman–Crippen LogP) is 13.1. The molecule has 0 saturated heterocycles. The number of nitrogens with zero attached hydrogens (tertiary/aromatic N) is 1. The Morgan fingerprint density at radius 1 is 0.392 bits per heavy atom. The number of aromatic nitrogens is 1. The fourth-order valence-corrected chi connectivity index (χ4v) is 6.67. The second kappa shape index (κ2) is 15.5. The third-order valence-corrected chi connectivity index (χ3v) is 9.39. The molecule has 51 heavy (non-hydrogen) atoms. The van der Waals surface area contributed by atoms with Crippen molar-refractivity contribution in [1.29, 1.82) is 0 Å². The van der Waals surface area contributed by atoms with Crippen LogP contribution in [-0.4, -0.2) is 4.98 Å². The number of benzene rings is 7. The summed E-state index contributed by atoms with van der Waals surface area (Å²) in [6.07, 6.45) is 2.80. The summed E-state index contributed by atoms with van der Waals surface area (Å²) >= 11 is 0. The maximum atomic E-state index is 4.51. The number of hydrogen-bond donors (Lipinski definition) is 0. The van der Waals surface area contributed by atoms with Crippen LogP contribution in [0.2, 0.25) is 0 Å². The molecule has 0 atom stereocenters. The Morgan fingerprint density at radius 2 is 0.824 bits per heavy atom. The van der Waals surface area contributed by atoms with Gasteiger partial charge in [0.2, 0.25) is 0 Å². The van der Waals surface area contributed by atoms with Gasteiger partial charge in [-0.15, -0.1) is 35.4 Å². The van der Waals surface area contributed by atoms with Crippen molar-refractivity contribution in [2.75, 3.05) is 0 Å². The Kier molecular flexibility index (Phi) is 10.3. The van der Waals surface area contributed by atoms with Crippen LogP contribution in [0, 0.1) is 6.07 Å². The van der Waals surface area contributed by atoms with E-state index in [-0.39, 0.29) is 20.1 Å². The van der Waals surface area contributed by atoms with E-state index in [0.717, 1.165) is 23.2 Å². The number of aryl methyl sites for hydroxylation is 1. The average molecular weight is 831 g/mol. The van der Waals surface area contributed by atoms with Crippen LogP contribution in [0.1, 0.15) is 12.5 Å². The van der Waals surface area contributed by atoms with Gasteiger partial charge in [0.05, 0.1) is 0 Å². The quantitative estimate of drug-likeness (QED) is 0.139. The minimum atomic E-state index is 0. The molecule has 0 aliphatic rings. The Labute approximate surface area is 314 Å². The molecule has 1 aromatic heterocycles. The molecule has 8 aromatic rings. The molecule has 0 saturated carbocycles. The molecule has 1 nitrogen and oxygen atoms in total.